The second kappa shape index (κ2) is 7.47. The zero-order chi connectivity index (χ0) is 19.7. The van der Waals surface area contributed by atoms with Gasteiger partial charge in [-0.1, -0.05) is 0 Å². The summed E-state index contributed by atoms with van der Waals surface area (Å²) < 4.78 is 12.5. The number of aryl methyl sites for hydroxylation is 1. The van der Waals surface area contributed by atoms with Crippen LogP contribution in [-0.2, 0) is 16.1 Å². The van der Waals surface area contributed by atoms with Crippen molar-refractivity contribution < 1.29 is 19.1 Å². The molecule has 0 bridgehead atoms. The quantitative estimate of drug-likeness (QED) is 0.841. The van der Waals surface area contributed by atoms with E-state index in [2.05, 4.69) is 10.6 Å². The number of aromatic nitrogens is 1. The van der Waals surface area contributed by atoms with Crippen LogP contribution >= 0.6 is 0 Å². The Labute approximate surface area is 161 Å². The van der Waals surface area contributed by atoms with Crippen LogP contribution in [-0.4, -0.2) is 35.7 Å². The van der Waals surface area contributed by atoms with E-state index >= 15 is 0 Å². The number of pyridine rings is 1. The van der Waals surface area contributed by atoms with Gasteiger partial charge in [0.2, 0.25) is 0 Å². The molecular weight excluding hydrogens is 362 g/mol. The summed E-state index contributed by atoms with van der Waals surface area (Å²) in [5, 5.41) is 5.44. The van der Waals surface area contributed by atoms with Crippen LogP contribution in [0.3, 0.4) is 0 Å². The van der Waals surface area contributed by atoms with Crippen LogP contribution in [0.25, 0.3) is 0 Å². The Balaban J connectivity index is 1.56. The van der Waals surface area contributed by atoms with Gasteiger partial charge in [0.15, 0.2) is 6.61 Å². The fourth-order valence-electron chi connectivity index (χ4n) is 3.44. The van der Waals surface area contributed by atoms with E-state index < -0.39 is 5.91 Å². The molecule has 28 heavy (non-hydrogen) atoms. The van der Waals surface area contributed by atoms with E-state index in [4.69, 9.17) is 9.47 Å². The molecule has 0 saturated carbocycles. The number of amides is 2. The lowest BCUT2D eigenvalue weighted by molar-refractivity contribution is -0.118. The SMILES string of the molecule is Cc1ccn(CC2CCCO2)c(=O)c1C(=O)Nc1ccc2c(c1)OCC(=O)N2. The number of carbonyl (C=O) groups is 2. The molecule has 1 aromatic heterocycles. The molecule has 1 unspecified atom stereocenters. The lowest BCUT2D eigenvalue weighted by atomic mass is 10.1. The largest absolute Gasteiger partial charge is 0.482 e. The zero-order valence-electron chi connectivity index (χ0n) is 15.5. The molecule has 0 aliphatic carbocycles. The van der Waals surface area contributed by atoms with Gasteiger partial charge in [-0.3, -0.25) is 14.4 Å². The van der Waals surface area contributed by atoms with E-state index in [-0.39, 0.29) is 29.7 Å². The summed E-state index contributed by atoms with van der Waals surface area (Å²) in [7, 11) is 0. The maximum Gasteiger partial charge on any atom is 0.263 e. The third kappa shape index (κ3) is 3.63. The van der Waals surface area contributed by atoms with Gasteiger partial charge in [0.05, 0.1) is 18.3 Å². The van der Waals surface area contributed by atoms with Crippen molar-refractivity contribution in [3.8, 4) is 5.75 Å². The third-order valence-electron chi connectivity index (χ3n) is 4.90. The maximum atomic E-state index is 12.9. The van der Waals surface area contributed by atoms with Crippen molar-refractivity contribution in [3.63, 3.8) is 0 Å². The number of fused-ring (bicyclic) bond motifs is 1. The van der Waals surface area contributed by atoms with E-state index in [9.17, 15) is 14.4 Å². The molecule has 146 valence electrons. The van der Waals surface area contributed by atoms with Gasteiger partial charge in [0.25, 0.3) is 17.4 Å². The highest BCUT2D eigenvalue weighted by Gasteiger charge is 2.21. The van der Waals surface area contributed by atoms with E-state index in [0.29, 0.717) is 35.8 Å². The molecule has 2 N–H and O–H groups in total. The van der Waals surface area contributed by atoms with Crippen LogP contribution in [0.5, 0.6) is 5.75 Å². The second-order valence-corrected chi connectivity index (χ2v) is 6.97. The molecule has 8 nitrogen and oxygen atoms in total. The van der Waals surface area contributed by atoms with Crippen molar-refractivity contribution in [1.29, 1.82) is 0 Å². The van der Waals surface area contributed by atoms with Gasteiger partial charge in [-0.15, -0.1) is 0 Å². The number of hydrogen-bond donors (Lipinski definition) is 2. The Bertz CT molecular complexity index is 992. The Morgan fingerprint density at radius 2 is 2.18 bits per heavy atom. The predicted octanol–water partition coefficient (Wildman–Crippen LogP) is 1.92. The summed E-state index contributed by atoms with van der Waals surface area (Å²) in [4.78, 5) is 37.0. The first-order valence-corrected chi connectivity index (χ1v) is 9.21. The van der Waals surface area contributed by atoms with E-state index in [0.717, 1.165) is 12.8 Å². The van der Waals surface area contributed by atoms with Gasteiger partial charge in [0.1, 0.15) is 11.3 Å². The van der Waals surface area contributed by atoms with E-state index in [1.165, 1.54) is 4.57 Å². The van der Waals surface area contributed by atoms with Crippen molar-refractivity contribution in [2.45, 2.75) is 32.4 Å². The van der Waals surface area contributed by atoms with E-state index in [1.807, 2.05) is 0 Å². The highest BCUT2D eigenvalue weighted by atomic mass is 16.5. The fraction of sp³-hybridized carbons (Fsp3) is 0.350. The molecule has 2 amide bonds. The normalized spacial score (nSPS) is 18.2. The maximum absolute atomic E-state index is 12.9. The number of anilines is 2. The standard InChI is InChI=1S/C20H21N3O5/c1-12-6-7-23(10-14-3-2-8-27-14)20(26)18(12)19(25)21-13-4-5-15-16(9-13)28-11-17(24)22-15/h4-7,9,14H,2-3,8,10-11H2,1H3,(H,21,25)(H,22,24). The number of nitrogens with zero attached hydrogens (tertiary/aromatic N) is 1. The minimum Gasteiger partial charge on any atom is -0.482 e. The predicted molar refractivity (Wildman–Crippen MR) is 103 cm³/mol. The van der Waals surface area contributed by atoms with Crippen LogP contribution in [0.2, 0.25) is 0 Å². The Morgan fingerprint density at radius 3 is 2.96 bits per heavy atom. The molecule has 0 spiro atoms. The van der Waals surface area contributed by atoms with Crippen molar-refractivity contribution in [3.05, 3.63) is 51.9 Å². The number of hydrogen-bond acceptors (Lipinski definition) is 5. The highest BCUT2D eigenvalue weighted by Crippen LogP contribution is 2.30. The van der Waals surface area contributed by atoms with Gasteiger partial charge in [-0.05, 0) is 43.5 Å². The highest BCUT2D eigenvalue weighted by molar-refractivity contribution is 6.05. The van der Waals surface area contributed by atoms with Crippen molar-refractivity contribution in [1.82, 2.24) is 4.57 Å². The average Bonchev–Trinajstić information content (AvgIpc) is 3.17. The smallest absolute Gasteiger partial charge is 0.263 e. The van der Waals surface area contributed by atoms with Gasteiger partial charge < -0.3 is 24.7 Å². The van der Waals surface area contributed by atoms with Gasteiger partial charge in [0, 0.05) is 24.6 Å². The molecule has 0 radical (unpaired) electrons. The van der Waals surface area contributed by atoms with Crippen molar-refractivity contribution in [2.75, 3.05) is 23.8 Å². The minimum absolute atomic E-state index is 0.00400. The number of ether oxygens (including phenoxy) is 2. The number of carbonyl (C=O) groups excluding carboxylic acids is 2. The Hall–Kier alpha value is -3.13. The topological polar surface area (TPSA) is 98.7 Å². The van der Waals surface area contributed by atoms with Crippen LogP contribution in [0.15, 0.2) is 35.3 Å². The van der Waals surface area contributed by atoms with Crippen LogP contribution in [0.4, 0.5) is 11.4 Å². The first kappa shape index (κ1) is 18.2. The second-order valence-electron chi connectivity index (χ2n) is 6.97. The summed E-state index contributed by atoms with van der Waals surface area (Å²) in [6.45, 7) is 2.81. The van der Waals surface area contributed by atoms with Crippen molar-refractivity contribution in [2.24, 2.45) is 0 Å². The van der Waals surface area contributed by atoms with Crippen LogP contribution in [0, 0.1) is 6.92 Å². The Morgan fingerprint density at radius 1 is 1.32 bits per heavy atom. The average molecular weight is 383 g/mol. The zero-order valence-corrected chi connectivity index (χ0v) is 15.5. The van der Waals surface area contributed by atoms with Gasteiger partial charge in [-0.2, -0.15) is 0 Å². The number of nitrogens with one attached hydrogen (secondary N) is 2. The molecule has 1 atom stereocenters. The summed E-state index contributed by atoms with van der Waals surface area (Å²) >= 11 is 0. The number of benzene rings is 1. The summed E-state index contributed by atoms with van der Waals surface area (Å²) in [6.07, 6.45) is 3.60. The molecule has 1 saturated heterocycles. The van der Waals surface area contributed by atoms with Crippen LogP contribution in [0.1, 0.15) is 28.8 Å². The number of rotatable bonds is 4. The first-order chi connectivity index (χ1) is 13.5. The monoisotopic (exact) mass is 383 g/mol. The molecule has 4 rings (SSSR count). The summed E-state index contributed by atoms with van der Waals surface area (Å²) in [6, 6.07) is 6.68. The summed E-state index contributed by atoms with van der Waals surface area (Å²) in [5.74, 6) is -0.238. The van der Waals surface area contributed by atoms with Crippen molar-refractivity contribution >= 4 is 23.2 Å². The van der Waals surface area contributed by atoms with E-state index in [1.54, 1.807) is 37.4 Å². The van der Waals surface area contributed by atoms with Gasteiger partial charge >= 0.3 is 0 Å². The molecule has 2 aliphatic heterocycles. The molecule has 1 fully saturated rings. The van der Waals surface area contributed by atoms with Gasteiger partial charge in [-0.25, -0.2) is 0 Å². The lowest BCUT2D eigenvalue weighted by Gasteiger charge is -2.19. The van der Waals surface area contributed by atoms with Crippen LogP contribution < -0.4 is 20.9 Å². The third-order valence-corrected chi connectivity index (χ3v) is 4.90. The minimum atomic E-state index is -0.482. The summed E-state index contributed by atoms with van der Waals surface area (Å²) in [5.41, 5.74) is 1.40. The molecule has 2 aromatic rings. The molecule has 3 heterocycles. The Kier molecular flexibility index (Phi) is 4.87. The fourth-order valence-corrected chi connectivity index (χ4v) is 3.44. The molecule has 1 aromatic carbocycles. The molecular formula is C20H21N3O5. The molecule has 8 heteroatoms. The first-order valence-electron chi connectivity index (χ1n) is 9.21. The lowest BCUT2D eigenvalue weighted by Crippen LogP contribution is -2.33. The molecule has 2 aliphatic rings.